The molecule has 0 unspecified atom stereocenters. The number of carbonyl (C=O) groups is 2. The first-order valence-electron chi connectivity index (χ1n) is 9.83. The van der Waals surface area contributed by atoms with Crippen molar-refractivity contribution >= 4 is 17.5 Å². The van der Waals surface area contributed by atoms with E-state index in [0.29, 0.717) is 42.0 Å². The van der Waals surface area contributed by atoms with Gasteiger partial charge in [-0.15, -0.1) is 0 Å². The second-order valence-electron chi connectivity index (χ2n) is 7.24. The van der Waals surface area contributed by atoms with E-state index < -0.39 is 5.92 Å². The van der Waals surface area contributed by atoms with Gasteiger partial charge in [0.05, 0.1) is 24.8 Å². The Labute approximate surface area is 164 Å². The molecule has 4 rings (SSSR count). The minimum Gasteiger partial charge on any atom is -0.490 e. The van der Waals surface area contributed by atoms with Crippen molar-refractivity contribution in [3.05, 3.63) is 35.0 Å². The van der Waals surface area contributed by atoms with E-state index in [1.165, 1.54) is 0 Å². The topological polar surface area (TPSA) is 82.5 Å². The number of aromatic nitrogens is 2. The van der Waals surface area contributed by atoms with Crippen LogP contribution in [0, 0.1) is 0 Å². The lowest BCUT2D eigenvalue weighted by Crippen LogP contribution is -2.28. The van der Waals surface area contributed by atoms with Crippen molar-refractivity contribution in [1.29, 1.82) is 0 Å². The average Bonchev–Trinajstić information content (AvgIpc) is 3.47. The number of ether oxygens (including phenoxy) is 2. The number of rotatable bonds is 7. The van der Waals surface area contributed by atoms with E-state index in [1.54, 1.807) is 22.9 Å². The number of hydrogen-bond donors (Lipinski definition) is 1. The summed E-state index contributed by atoms with van der Waals surface area (Å²) in [6, 6.07) is 5.22. The Morgan fingerprint density at radius 2 is 1.93 bits per heavy atom. The Bertz CT molecular complexity index is 930. The van der Waals surface area contributed by atoms with Crippen LogP contribution in [0.1, 0.15) is 66.6 Å². The molecule has 0 bridgehead atoms. The molecule has 2 aliphatic rings. The van der Waals surface area contributed by atoms with E-state index in [-0.39, 0.29) is 18.1 Å². The fraction of sp³-hybridized carbons (Fsp3) is 0.476. The van der Waals surface area contributed by atoms with E-state index in [9.17, 15) is 9.59 Å². The van der Waals surface area contributed by atoms with Gasteiger partial charge in [0.15, 0.2) is 17.3 Å². The molecular weight excluding hydrogens is 358 g/mol. The molecule has 1 aromatic heterocycles. The third-order valence-corrected chi connectivity index (χ3v) is 5.22. The summed E-state index contributed by atoms with van der Waals surface area (Å²) in [5.41, 5.74) is 2.34. The van der Waals surface area contributed by atoms with Crippen molar-refractivity contribution in [1.82, 2.24) is 9.78 Å². The van der Waals surface area contributed by atoms with Gasteiger partial charge in [0, 0.05) is 30.5 Å². The maximum atomic E-state index is 13.4. The summed E-state index contributed by atoms with van der Waals surface area (Å²) >= 11 is 0. The highest BCUT2D eigenvalue weighted by atomic mass is 16.5. The van der Waals surface area contributed by atoms with Crippen LogP contribution in [-0.4, -0.2) is 34.7 Å². The first kappa shape index (κ1) is 18.5. The summed E-state index contributed by atoms with van der Waals surface area (Å²) in [4.78, 5) is 25.7. The standard InChI is InChI=1S/C21H25N3O4/c1-4-27-15-9-8-13(10-16(15)28-5-2)20(26)14-11-17(25)22-21-18(14)19(12-6-7-12)23-24(21)3/h8-10,12,14H,4-7,11H2,1-3H3,(H,22,25)/t14-/m1/s1. The van der Waals surface area contributed by atoms with Crippen LogP contribution in [0.25, 0.3) is 0 Å². The first-order chi connectivity index (χ1) is 13.5. The molecular formula is C21H25N3O4. The van der Waals surface area contributed by atoms with Crippen molar-refractivity contribution in [3.8, 4) is 11.5 Å². The van der Waals surface area contributed by atoms with Crippen LogP contribution in [0.15, 0.2) is 18.2 Å². The Morgan fingerprint density at radius 3 is 2.61 bits per heavy atom. The van der Waals surface area contributed by atoms with E-state index in [1.807, 2.05) is 20.9 Å². The van der Waals surface area contributed by atoms with Gasteiger partial charge in [-0.25, -0.2) is 0 Å². The molecule has 2 heterocycles. The fourth-order valence-corrected chi connectivity index (χ4v) is 3.81. The number of amides is 1. The molecule has 1 fully saturated rings. The minimum atomic E-state index is -0.527. The second kappa shape index (κ2) is 7.30. The molecule has 28 heavy (non-hydrogen) atoms. The van der Waals surface area contributed by atoms with Crippen molar-refractivity contribution in [2.45, 2.75) is 44.9 Å². The first-order valence-corrected chi connectivity index (χ1v) is 9.83. The lowest BCUT2D eigenvalue weighted by atomic mass is 9.84. The monoisotopic (exact) mass is 383 g/mol. The highest BCUT2D eigenvalue weighted by Gasteiger charge is 2.40. The predicted molar refractivity (Wildman–Crippen MR) is 104 cm³/mol. The quantitative estimate of drug-likeness (QED) is 0.741. The number of nitrogens with zero attached hydrogens (tertiary/aromatic N) is 2. The highest BCUT2D eigenvalue weighted by molar-refractivity contribution is 6.08. The zero-order valence-corrected chi connectivity index (χ0v) is 16.4. The zero-order valence-electron chi connectivity index (χ0n) is 16.4. The molecule has 1 N–H and O–H groups in total. The van der Waals surface area contributed by atoms with Crippen LogP contribution < -0.4 is 14.8 Å². The number of ketones is 1. The van der Waals surface area contributed by atoms with Gasteiger partial charge in [-0.05, 0) is 44.9 Å². The van der Waals surface area contributed by atoms with Gasteiger partial charge in [0.1, 0.15) is 5.82 Å². The molecule has 1 amide bonds. The van der Waals surface area contributed by atoms with E-state index in [2.05, 4.69) is 10.4 Å². The van der Waals surface area contributed by atoms with Crippen LogP contribution in [0.3, 0.4) is 0 Å². The van der Waals surface area contributed by atoms with Gasteiger partial charge >= 0.3 is 0 Å². The van der Waals surface area contributed by atoms with Crippen LogP contribution in [-0.2, 0) is 11.8 Å². The molecule has 0 radical (unpaired) electrons. The SMILES string of the molecule is CCOc1ccc(C(=O)[C@@H]2CC(=O)Nc3c2c(C2CC2)nn3C)cc1OCC. The summed E-state index contributed by atoms with van der Waals surface area (Å²) in [5.74, 6) is 1.42. The molecule has 7 heteroatoms. The molecule has 7 nitrogen and oxygen atoms in total. The lowest BCUT2D eigenvalue weighted by molar-refractivity contribution is -0.116. The number of hydrogen-bond acceptors (Lipinski definition) is 5. The molecule has 1 saturated carbocycles. The summed E-state index contributed by atoms with van der Waals surface area (Å²) in [7, 11) is 1.81. The van der Waals surface area contributed by atoms with E-state index in [4.69, 9.17) is 9.47 Å². The van der Waals surface area contributed by atoms with Gasteiger partial charge in [0.25, 0.3) is 0 Å². The van der Waals surface area contributed by atoms with Gasteiger partial charge < -0.3 is 14.8 Å². The normalized spacial score (nSPS) is 18.4. The largest absolute Gasteiger partial charge is 0.490 e. The molecule has 0 spiro atoms. The van der Waals surface area contributed by atoms with Crippen LogP contribution in [0.4, 0.5) is 5.82 Å². The Morgan fingerprint density at radius 1 is 1.21 bits per heavy atom. The van der Waals surface area contributed by atoms with Gasteiger partial charge in [-0.2, -0.15) is 5.10 Å². The van der Waals surface area contributed by atoms with Crippen LogP contribution in [0.2, 0.25) is 0 Å². The van der Waals surface area contributed by atoms with Crippen molar-refractivity contribution < 1.29 is 19.1 Å². The predicted octanol–water partition coefficient (Wildman–Crippen LogP) is 3.40. The Hall–Kier alpha value is -2.83. The molecule has 2 aromatic rings. The van der Waals surface area contributed by atoms with Crippen LogP contribution in [0.5, 0.6) is 11.5 Å². The number of carbonyl (C=O) groups excluding carboxylic acids is 2. The molecule has 1 aliphatic carbocycles. The number of aryl methyl sites for hydroxylation is 1. The summed E-state index contributed by atoms with van der Waals surface area (Å²) in [6.45, 7) is 4.78. The van der Waals surface area contributed by atoms with Gasteiger partial charge in [0.2, 0.25) is 5.91 Å². The molecule has 1 atom stereocenters. The molecule has 0 saturated heterocycles. The number of nitrogens with one attached hydrogen (secondary N) is 1. The van der Waals surface area contributed by atoms with E-state index in [0.717, 1.165) is 24.1 Å². The maximum Gasteiger partial charge on any atom is 0.226 e. The lowest BCUT2D eigenvalue weighted by Gasteiger charge is -2.23. The highest BCUT2D eigenvalue weighted by Crippen LogP contribution is 2.47. The summed E-state index contributed by atoms with van der Waals surface area (Å²) in [5, 5.41) is 7.50. The minimum absolute atomic E-state index is 0.0880. The third kappa shape index (κ3) is 3.25. The zero-order chi connectivity index (χ0) is 19.8. The molecule has 148 valence electrons. The van der Waals surface area contributed by atoms with Crippen LogP contribution >= 0.6 is 0 Å². The summed E-state index contributed by atoms with van der Waals surface area (Å²) in [6.07, 6.45) is 2.29. The van der Waals surface area contributed by atoms with E-state index >= 15 is 0 Å². The number of benzene rings is 1. The van der Waals surface area contributed by atoms with Gasteiger partial charge in [-0.1, -0.05) is 0 Å². The number of fused-ring (bicyclic) bond motifs is 1. The molecule has 1 aromatic carbocycles. The third-order valence-electron chi connectivity index (χ3n) is 5.22. The Kier molecular flexibility index (Phi) is 4.83. The Balaban J connectivity index is 1.73. The van der Waals surface area contributed by atoms with Crippen molar-refractivity contribution in [2.75, 3.05) is 18.5 Å². The second-order valence-corrected chi connectivity index (χ2v) is 7.24. The van der Waals surface area contributed by atoms with Gasteiger partial charge in [-0.3, -0.25) is 14.3 Å². The number of Topliss-reactive ketones (excluding diaryl/α,β-unsaturated/α-hetero) is 1. The average molecular weight is 383 g/mol. The summed E-state index contributed by atoms with van der Waals surface area (Å²) < 4.78 is 12.9. The molecule has 1 aliphatic heterocycles. The fourth-order valence-electron chi connectivity index (χ4n) is 3.81. The smallest absolute Gasteiger partial charge is 0.226 e. The van der Waals surface area contributed by atoms with Crippen molar-refractivity contribution in [3.63, 3.8) is 0 Å². The number of anilines is 1. The van der Waals surface area contributed by atoms with Crippen molar-refractivity contribution in [2.24, 2.45) is 7.05 Å². The maximum absolute atomic E-state index is 13.4.